The van der Waals surface area contributed by atoms with Crippen LogP contribution in [0.1, 0.15) is 24.2 Å². The van der Waals surface area contributed by atoms with Crippen molar-refractivity contribution in [3.05, 3.63) is 24.0 Å². The van der Waals surface area contributed by atoms with Gasteiger partial charge in [-0.2, -0.15) is 0 Å². The number of hydrogen-bond donors (Lipinski definition) is 1. The van der Waals surface area contributed by atoms with E-state index in [1.165, 1.54) is 0 Å². The third-order valence-corrected chi connectivity index (χ3v) is 3.60. The smallest absolute Gasteiger partial charge is 0.256 e. The minimum absolute atomic E-state index is 0.105. The third-order valence-electron chi connectivity index (χ3n) is 3.60. The van der Waals surface area contributed by atoms with Crippen LogP contribution in [0, 0.1) is 11.8 Å². The first kappa shape index (κ1) is 11.9. The van der Waals surface area contributed by atoms with Gasteiger partial charge in [0.15, 0.2) is 0 Å². The molecule has 0 aliphatic carbocycles. The highest BCUT2D eigenvalue weighted by atomic mass is 16.2. The number of rotatable bonds is 2. The Bertz CT molecular complexity index is 409. The Morgan fingerprint density at radius 2 is 2.06 bits per heavy atom. The molecule has 1 aliphatic rings. The molecule has 17 heavy (non-hydrogen) atoms. The van der Waals surface area contributed by atoms with E-state index in [4.69, 9.17) is 0 Å². The maximum Gasteiger partial charge on any atom is 0.256 e. The standard InChI is InChI=1S/C13H19N3O/c1-9-7-16(8-10(9)2)13(17)11-4-5-15-6-12(11)14-3/h4-6,9-10,14H,7-8H2,1-3H3. The van der Waals surface area contributed by atoms with Crippen molar-refractivity contribution in [2.75, 3.05) is 25.5 Å². The van der Waals surface area contributed by atoms with E-state index in [0.717, 1.165) is 18.8 Å². The van der Waals surface area contributed by atoms with E-state index >= 15 is 0 Å². The van der Waals surface area contributed by atoms with Gasteiger partial charge in [-0.05, 0) is 17.9 Å². The molecule has 1 amide bonds. The van der Waals surface area contributed by atoms with Gasteiger partial charge in [0.2, 0.25) is 0 Å². The predicted octanol–water partition coefficient (Wildman–Crippen LogP) is 1.85. The Morgan fingerprint density at radius 1 is 1.41 bits per heavy atom. The summed E-state index contributed by atoms with van der Waals surface area (Å²) in [5.74, 6) is 1.27. The normalized spacial score (nSPS) is 23.8. The zero-order valence-electron chi connectivity index (χ0n) is 10.6. The maximum atomic E-state index is 12.4. The van der Waals surface area contributed by atoms with Crippen LogP contribution >= 0.6 is 0 Å². The van der Waals surface area contributed by atoms with Gasteiger partial charge in [-0.15, -0.1) is 0 Å². The molecular formula is C13H19N3O. The molecule has 1 aliphatic heterocycles. The lowest BCUT2D eigenvalue weighted by atomic mass is 10.0. The van der Waals surface area contributed by atoms with Gasteiger partial charge < -0.3 is 10.2 Å². The van der Waals surface area contributed by atoms with E-state index < -0.39 is 0 Å². The van der Waals surface area contributed by atoms with E-state index in [9.17, 15) is 4.79 Å². The minimum atomic E-state index is 0.105. The van der Waals surface area contributed by atoms with Crippen molar-refractivity contribution < 1.29 is 4.79 Å². The molecule has 0 aromatic carbocycles. The molecule has 0 saturated carbocycles. The number of nitrogens with one attached hydrogen (secondary N) is 1. The third kappa shape index (κ3) is 2.25. The Morgan fingerprint density at radius 3 is 2.65 bits per heavy atom. The number of carbonyl (C=O) groups excluding carboxylic acids is 1. The molecule has 1 aromatic heterocycles. The van der Waals surface area contributed by atoms with Crippen LogP contribution in [0.5, 0.6) is 0 Å². The molecule has 2 rings (SSSR count). The molecule has 2 unspecified atom stereocenters. The Labute approximate surface area is 102 Å². The number of anilines is 1. The summed E-state index contributed by atoms with van der Waals surface area (Å²) in [6, 6.07) is 1.78. The first-order valence-corrected chi connectivity index (χ1v) is 6.04. The van der Waals surface area contributed by atoms with Crippen LogP contribution in [-0.4, -0.2) is 35.9 Å². The number of pyridine rings is 1. The van der Waals surface area contributed by atoms with Gasteiger partial charge in [0, 0.05) is 26.3 Å². The fourth-order valence-electron chi connectivity index (χ4n) is 2.25. The van der Waals surface area contributed by atoms with Gasteiger partial charge in [-0.3, -0.25) is 9.78 Å². The molecule has 1 saturated heterocycles. The maximum absolute atomic E-state index is 12.4. The monoisotopic (exact) mass is 233 g/mol. The lowest BCUT2D eigenvalue weighted by Crippen LogP contribution is -2.29. The second-order valence-electron chi connectivity index (χ2n) is 4.84. The van der Waals surface area contributed by atoms with Gasteiger partial charge in [-0.1, -0.05) is 13.8 Å². The SMILES string of the molecule is CNc1cnccc1C(=O)N1CC(C)C(C)C1. The summed E-state index contributed by atoms with van der Waals surface area (Å²) >= 11 is 0. The van der Waals surface area contributed by atoms with E-state index in [1.807, 2.05) is 11.9 Å². The first-order chi connectivity index (χ1) is 8.13. The summed E-state index contributed by atoms with van der Waals surface area (Å²) in [6.07, 6.45) is 3.35. The summed E-state index contributed by atoms with van der Waals surface area (Å²) in [7, 11) is 1.81. The van der Waals surface area contributed by atoms with Crippen molar-refractivity contribution in [3.8, 4) is 0 Å². The zero-order valence-corrected chi connectivity index (χ0v) is 10.6. The average molecular weight is 233 g/mol. The van der Waals surface area contributed by atoms with Gasteiger partial charge in [0.05, 0.1) is 17.4 Å². The van der Waals surface area contributed by atoms with Crippen molar-refractivity contribution in [1.29, 1.82) is 0 Å². The van der Waals surface area contributed by atoms with E-state index in [-0.39, 0.29) is 5.91 Å². The Balaban J connectivity index is 2.20. The quantitative estimate of drug-likeness (QED) is 0.848. The summed E-state index contributed by atoms with van der Waals surface area (Å²) in [6.45, 7) is 6.10. The van der Waals surface area contributed by atoms with Gasteiger partial charge >= 0.3 is 0 Å². The van der Waals surface area contributed by atoms with E-state index in [1.54, 1.807) is 18.5 Å². The second kappa shape index (κ2) is 4.73. The molecule has 0 radical (unpaired) electrons. The highest BCUT2D eigenvalue weighted by Crippen LogP contribution is 2.25. The lowest BCUT2D eigenvalue weighted by molar-refractivity contribution is 0.0786. The molecule has 92 valence electrons. The van der Waals surface area contributed by atoms with Crippen molar-refractivity contribution in [1.82, 2.24) is 9.88 Å². The molecule has 0 spiro atoms. The van der Waals surface area contributed by atoms with Crippen LogP contribution in [0.3, 0.4) is 0 Å². The van der Waals surface area contributed by atoms with Crippen LogP contribution in [-0.2, 0) is 0 Å². The molecular weight excluding hydrogens is 214 g/mol. The van der Waals surface area contributed by atoms with Crippen LogP contribution in [0.25, 0.3) is 0 Å². The number of carbonyl (C=O) groups is 1. The fraction of sp³-hybridized carbons (Fsp3) is 0.538. The lowest BCUT2D eigenvalue weighted by Gasteiger charge is -2.17. The fourth-order valence-corrected chi connectivity index (χ4v) is 2.25. The molecule has 2 atom stereocenters. The van der Waals surface area contributed by atoms with Crippen LogP contribution in [0.2, 0.25) is 0 Å². The van der Waals surface area contributed by atoms with Crippen molar-refractivity contribution in [2.24, 2.45) is 11.8 Å². The molecule has 1 fully saturated rings. The molecule has 2 heterocycles. The zero-order chi connectivity index (χ0) is 12.4. The van der Waals surface area contributed by atoms with E-state index in [2.05, 4.69) is 24.1 Å². The molecule has 0 bridgehead atoms. The number of nitrogens with zero attached hydrogens (tertiary/aromatic N) is 2. The van der Waals surface area contributed by atoms with Crippen molar-refractivity contribution >= 4 is 11.6 Å². The summed E-state index contributed by atoms with van der Waals surface area (Å²) in [5.41, 5.74) is 1.51. The average Bonchev–Trinajstić information content (AvgIpc) is 2.68. The van der Waals surface area contributed by atoms with Crippen LogP contribution in [0.15, 0.2) is 18.5 Å². The van der Waals surface area contributed by atoms with Crippen LogP contribution in [0.4, 0.5) is 5.69 Å². The molecule has 4 heteroatoms. The number of hydrogen-bond acceptors (Lipinski definition) is 3. The topological polar surface area (TPSA) is 45.2 Å². The summed E-state index contributed by atoms with van der Waals surface area (Å²) in [5, 5.41) is 3.01. The summed E-state index contributed by atoms with van der Waals surface area (Å²) < 4.78 is 0. The molecule has 1 N–H and O–H groups in total. The highest BCUT2D eigenvalue weighted by molar-refractivity contribution is 5.99. The number of aromatic nitrogens is 1. The molecule has 1 aromatic rings. The largest absolute Gasteiger partial charge is 0.386 e. The van der Waals surface area contributed by atoms with Crippen molar-refractivity contribution in [2.45, 2.75) is 13.8 Å². The van der Waals surface area contributed by atoms with Gasteiger partial charge in [0.1, 0.15) is 0 Å². The first-order valence-electron chi connectivity index (χ1n) is 6.04. The highest BCUT2D eigenvalue weighted by Gasteiger charge is 2.30. The van der Waals surface area contributed by atoms with E-state index in [0.29, 0.717) is 17.4 Å². The predicted molar refractivity (Wildman–Crippen MR) is 68.0 cm³/mol. The van der Waals surface area contributed by atoms with Crippen LogP contribution < -0.4 is 5.32 Å². The second-order valence-corrected chi connectivity index (χ2v) is 4.84. The minimum Gasteiger partial charge on any atom is -0.386 e. The Hall–Kier alpha value is -1.58. The summed E-state index contributed by atoms with van der Waals surface area (Å²) in [4.78, 5) is 18.3. The number of likely N-dealkylation sites (tertiary alicyclic amines) is 1. The van der Waals surface area contributed by atoms with Gasteiger partial charge in [-0.25, -0.2) is 0 Å². The molecule has 4 nitrogen and oxygen atoms in total. The van der Waals surface area contributed by atoms with Crippen molar-refractivity contribution in [3.63, 3.8) is 0 Å². The number of amides is 1. The van der Waals surface area contributed by atoms with Gasteiger partial charge in [0.25, 0.3) is 5.91 Å². The Kier molecular flexibility index (Phi) is 3.31.